The minimum absolute atomic E-state index is 0.139. The van der Waals surface area contributed by atoms with Gasteiger partial charge < -0.3 is 4.57 Å². The van der Waals surface area contributed by atoms with E-state index in [4.69, 9.17) is 0 Å². The summed E-state index contributed by atoms with van der Waals surface area (Å²) in [5, 5.41) is 7.26. The zero-order chi connectivity index (χ0) is 15.7. The number of hydrogen-bond donors (Lipinski definition) is 1. The Morgan fingerprint density at radius 2 is 2.05 bits per heavy atom. The molecular weight excluding hydrogens is 311 g/mol. The van der Waals surface area contributed by atoms with E-state index in [0.29, 0.717) is 18.1 Å². The predicted octanol–water partition coefficient (Wildman–Crippen LogP) is 0.707. The molecule has 0 amide bonds. The molecule has 114 valence electrons. The summed E-state index contributed by atoms with van der Waals surface area (Å²) in [6.45, 7) is -0.139. The number of alkyl halides is 3. The van der Waals surface area contributed by atoms with Crippen LogP contribution in [-0.4, -0.2) is 28.2 Å². The maximum absolute atomic E-state index is 12.3. The zero-order valence-corrected chi connectivity index (χ0v) is 11.5. The van der Waals surface area contributed by atoms with Gasteiger partial charge in [-0.1, -0.05) is 0 Å². The molecule has 0 atom stereocenters. The fourth-order valence-electron chi connectivity index (χ4n) is 1.42. The minimum atomic E-state index is -4.62. The van der Waals surface area contributed by atoms with Gasteiger partial charge in [0.2, 0.25) is 10.0 Å². The van der Waals surface area contributed by atoms with Gasteiger partial charge in [0.15, 0.2) is 0 Å². The Kier molecular flexibility index (Phi) is 3.96. The standard InChI is InChI=1S/C10H10F3N5O2S/c1-18-6-15-17-9(18)5-16-21(19,20)7-2-3-8(14-4-7)10(11,12)13/h2-4,6,16H,5H2,1H3. The monoisotopic (exact) mass is 321 g/mol. The summed E-state index contributed by atoms with van der Waals surface area (Å²) < 4.78 is 64.6. The highest BCUT2D eigenvalue weighted by atomic mass is 32.2. The van der Waals surface area contributed by atoms with E-state index < -0.39 is 21.9 Å². The second-order valence-corrected chi connectivity index (χ2v) is 5.83. The number of aromatic nitrogens is 4. The van der Waals surface area contributed by atoms with Crippen LogP contribution >= 0.6 is 0 Å². The van der Waals surface area contributed by atoms with E-state index in [0.717, 1.165) is 6.07 Å². The first-order chi connectivity index (χ1) is 9.70. The average molecular weight is 321 g/mol. The predicted molar refractivity (Wildman–Crippen MR) is 64.3 cm³/mol. The highest BCUT2D eigenvalue weighted by molar-refractivity contribution is 7.89. The van der Waals surface area contributed by atoms with Crippen LogP contribution in [0.3, 0.4) is 0 Å². The van der Waals surface area contributed by atoms with Gasteiger partial charge in [-0.05, 0) is 12.1 Å². The smallest absolute Gasteiger partial charge is 0.320 e. The van der Waals surface area contributed by atoms with Crippen molar-refractivity contribution in [1.29, 1.82) is 0 Å². The summed E-state index contributed by atoms with van der Waals surface area (Å²) in [6.07, 6.45) is -2.57. The van der Waals surface area contributed by atoms with Gasteiger partial charge in [0.1, 0.15) is 22.7 Å². The number of hydrogen-bond acceptors (Lipinski definition) is 5. The highest BCUT2D eigenvalue weighted by Gasteiger charge is 2.32. The van der Waals surface area contributed by atoms with Crippen molar-refractivity contribution in [3.05, 3.63) is 36.2 Å². The Morgan fingerprint density at radius 3 is 2.52 bits per heavy atom. The number of nitrogens with one attached hydrogen (secondary N) is 1. The molecule has 0 bridgehead atoms. The second kappa shape index (κ2) is 5.41. The molecule has 11 heteroatoms. The Bertz CT molecular complexity index is 724. The molecule has 0 aliphatic carbocycles. The molecule has 1 N–H and O–H groups in total. The molecule has 2 rings (SSSR count). The summed E-state index contributed by atoms with van der Waals surface area (Å²) in [4.78, 5) is 2.74. The van der Waals surface area contributed by atoms with E-state index >= 15 is 0 Å². The lowest BCUT2D eigenvalue weighted by Gasteiger charge is -2.08. The van der Waals surface area contributed by atoms with Gasteiger partial charge in [-0.25, -0.2) is 13.1 Å². The van der Waals surface area contributed by atoms with Gasteiger partial charge in [-0.2, -0.15) is 13.2 Å². The molecule has 2 aromatic heterocycles. The molecule has 0 aliphatic rings. The molecule has 0 aliphatic heterocycles. The Morgan fingerprint density at radius 1 is 1.33 bits per heavy atom. The molecule has 0 unspecified atom stereocenters. The summed E-state index contributed by atoms with van der Waals surface area (Å²) in [5.74, 6) is 0.360. The van der Waals surface area contributed by atoms with Gasteiger partial charge in [0.25, 0.3) is 0 Å². The molecule has 0 aromatic carbocycles. The van der Waals surface area contributed by atoms with Crippen molar-refractivity contribution in [2.75, 3.05) is 0 Å². The van der Waals surface area contributed by atoms with Crippen LogP contribution < -0.4 is 4.72 Å². The summed E-state index contributed by atoms with van der Waals surface area (Å²) in [7, 11) is -2.35. The molecule has 0 spiro atoms. The van der Waals surface area contributed by atoms with Crippen molar-refractivity contribution in [2.24, 2.45) is 7.05 Å². The fraction of sp³-hybridized carbons (Fsp3) is 0.300. The number of aryl methyl sites for hydroxylation is 1. The number of halogens is 3. The molecule has 0 saturated heterocycles. The van der Waals surface area contributed by atoms with Crippen LogP contribution in [0.25, 0.3) is 0 Å². The van der Waals surface area contributed by atoms with E-state index in [2.05, 4.69) is 19.9 Å². The van der Waals surface area contributed by atoms with Crippen LogP contribution in [0, 0.1) is 0 Å². The molecule has 0 fully saturated rings. The normalized spacial score (nSPS) is 12.6. The topological polar surface area (TPSA) is 89.8 Å². The average Bonchev–Trinajstić information content (AvgIpc) is 2.81. The molecule has 2 aromatic rings. The summed E-state index contributed by atoms with van der Waals surface area (Å²) in [5.41, 5.74) is -1.16. The third kappa shape index (κ3) is 3.55. The fourth-order valence-corrected chi connectivity index (χ4v) is 2.34. The molecular formula is C10H10F3N5O2S. The second-order valence-electron chi connectivity index (χ2n) is 4.06. The largest absolute Gasteiger partial charge is 0.433 e. The van der Waals surface area contributed by atoms with Crippen molar-refractivity contribution in [1.82, 2.24) is 24.5 Å². The molecule has 0 saturated carbocycles. The number of rotatable bonds is 4. The Balaban J connectivity index is 2.14. The van der Waals surface area contributed by atoms with Gasteiger partial charge in [0, 0.05) is 13.2 Å². The first-order valence-electron chi connectivity index (χ1n) is 5.56. The highest BCUT2D eigenvalue weighted by Crippen LogP contribution is 2.27. The lowest BCUT2D eigenvalue weighted by atomic mass is 10.3. The van der Waals surface area contributed by atoms with Crippen LogP contribution in [0.1, 0.15) is 11.5 Å². The molecule has 2 heterocycles. The van der Waals surface area contributed by atoms with E-state index in [1.165, 1.54) is 10.9 Å². The summed E-state index contributed by atoms with van der Waals surface area (Å²) in [6, 6.07) is 1.45. The van der Waals surface area contributed by atoms with Crippen LogP contribution in [-0.2, 0) is 29.8 Å². The Hall–Kier alpha value is -2.01. The molecule has 0 radical (unpaired) electrons. The van der Waals surface area contributed by atoms with Gasteiger partial charge in [-0.3, -0.25) is 4.98 Å². The van der Waals surface area contributed by atoms with Crippen molar-refractivity contribution < 1.29 is 21.6 Å². The van der Waals surface area contributed by atoms with Gasteiger partial charge in [0.05, 0.1) is 6.54 Å². The maximum atomic E-state index is 12.3. The van der Waals surface area contributed by atoms with Crippen molar-refractivity contribution in [2.45, 2.75) is 17.6 Å². The summed E-state index contributed by atoms with van der Waals surface area (Å²) >= 11 is 0. The van der Waals surface area contributed by atoms with Crippen molar-refractivity contribution in [3.63, 3.8) is 0 Å². The number of sulfonamides is 1. The lowest BCUT2D eigenvalue weighted by molar-refractivity contribution is -0.141. The number of nitrogens with zero attached hydrogens (tertiary/aromatic N) is 4. The van der Waals surface area contributed by atoms with Gasteiger partial charge in [-0.15, -0.1) is 10.2 Å². The molecule has 21 heavy (non-hydrogen) atoms. The SMILES string of the molecule is Cn1cnnc1CNS(=O)(=O)c1ccc(C(F)(F)F)nc1. The van der Waals surface area contributed by atoms with E-state index in [1.54, 1.807) is 7.05 Å². The van der Waals surface area contributed by atoms with Crippen LogP contribution in [0.2, 0.25) is 0 Å². The van der Waals surface area contributed by atoms with E-state index in [-0.39, 0.29) is 11.4 Å². The lowest BCUT2D eigenvalue weighted by Crippen LogP contribution is -2.25. The maximum Gasteiger partial charge on any atom is 0.433 e. The van der Waals surface area contributed by atoms with Crippen LogP contribution in [0.15, 0.2) is 29.6 Å². The third-order valence-electron chi connectivity index (χ3n) is 2.56. The van der Waals surface area contributed by atoms with Crippen molar-refractivity contribution >= 4 is 10.0 Å². The third-order valence-corrected chi connectivity index (χ3v) is 3.95. The minimum Gasteiger partial charge on any atom is -0.320 e. The van der Waals surface area contributed by atoms with Crippen LogP contribution in [0.5, 0.6) is 0 Å². The van der Waals surface area contributed by atoms with E-state index in [9.17, 15) is 21.6 Å². The zero-order valence-electron chi connectivity index (χ0n) is 10.7. The Labute approximate surface area is 117 Å². The van der Waals surface area contributed by atoms with Crippen molar-refractivity contribution in [3.8, 4) is 0 Å². The van der Waals surface area contributed by atoms with E-state index in [1.807, 2.05) is 0 Å². The number of pyridine rings is 1. The van der Waals surface area contributed by atoms with Crippen LogP contribution in [0.4, 0.5) is 13.2 Å². The first-order valence-corrected chi connectivity index (χ1v) is 7.04. The van der Waals surface area contributed by atoms with Gasteiger partial charge >= 0.3 is 6.18 Å². The first kappa shape index (κ1) is 15.4. The molecule has 7 nitrogen and oxygen atoms in total. The quantitative estimate of drug-likeness (QED) is 0.895.